The van der Waals surface area contributed by atoms with Crippen molar-refractivity contribution < 1.29 is 0 Å². The van der Waals surface area contributed by atoms with Gasteiger partial charge in [-0.1, -0.05) is 42.5 Å². The molecule has 2 aromatic carbocycles. The zero-order valence-electron chi connectivity index (χ0n) is 9.35. The molecule has 0 unspecified atom stereocenters. The molecule has 0 saturated heterocycles. The first-order valence-electron chi connectivity index (χ1n) is 5.89. The highest BCUT2D eigenvalue weighted by Crippen LogP contribution is 2.36. The van der Waals surface area contributed by atoms with E-state index >= 15 is 0 Å². The molecule has 0 radical (unpaired) electrons. The Morgan fingerprint density at radius 1 is 0.824 bits per heavy atom. The fourth-order valence-electron chi connectivity index (χ4n) is 2.64. The van der Waals surface area contributed by atoms with Crippen molar-refractivity contribution in [1.82, 2.24) is 4.98 Å². The van der Waals surface area contributed by atoms with E-state index in [-0.39, 0.29) is 0 Å². The number of nitrogens with zero attached hydrogens (tertiary/aromatic N) is 1. The van der Waals surface area contributed by atoms with E-state index in [1.807, 2.05) is 6.07 Å². The first-order chi connectivity index (χ1) is 8.42. The van der Waals surface area contributed by atoms with Crippen molar-refractivity contribution in [1.29, 1.82) is 0 Å². The molecule has 80 valence electrons. The van der Waals surface area contributed by atoms with Gasteiger partial charge in [0.15, 0.2) is 0 Å². The van der Waals surface area contributed by atoms with Crippen LogP contribution in [0, 0.1) is 0 Å². The number of aromatic nitrogens is 1. The van der Waals surface area contributed by atoms with Crippen molar-refractivity contribution in [2.45, 2.75) is 6.42 Å². The fraction of sp³-hybridized carbons (Fsp3) is 0.0625. The maximum Gasteiger partial charge on any atom is 0.0705 e. The smallest absolute Gasteiger partial charge is 0.0705 e. The quantitative estimate of drug-likeness (QED) is 0.436. The summed E-state index contributed by atoms with van der Waals surface area (Å²) in [4.78, 5) is 4.77. The Hall–Kier alpha value is -2.15. The predicted molar refractivity (Wildman–Crippen MR) is 70.0 cm³/mol. The summed E-state index contributed by atoms with van der Waals surface area (Å²) in [6.07, 6.45) is 0.969. The molecule has 1 heterocycles. The number of fused-ring (bicyclic) bond motifs is 4. The van der Waals surface area contributed by atoms with Gasteiger partial charge >= 0.3 is 0 Å². The Balaban J connectivity index is 2.07. The van der Waals surface area contributed by atoms with Gasteiger partial charge in [0.2, 0.25) is 0 Å². The summed E-state index contributed by atoms with van der Waals surface area (Å²) >= 11 is 0. The summed E-state index contributed by atoms with van der Waals surface area (Å²) < 4.78 is 0. The molecule has 1 aliphatic rings. The van der Waals surface area contributed by atoms with E-state index < -0.39 is 0 Å². The monoisotopic (exact) mass is 217 g/mol. The zero-order chi connectivity index (χ0) is 11.2. The molecule has 0 atom stereocenters. The van der Waals surface area contributed by atoms with Crippen LogP contribution in [0.1, 0.15) is 11.3 Å². The average Bonchev–Trinajstić information content (AvgIpc) is 2.73. The molecule has 1 heteroatoms. The van der Waals surface area contributed by atoms with E-state index in [0.29, 0.717) is 0 Å². The summed E-state index contributed by atoms with van der Waals surface area (Å²) in [7, 11) is 0. The molecule has 17 heavy (non-hydrogen) atoms. The minimum Gasteiger partial charge on any atom is -0.252 e. The van der Waals surface area contributed by atoms with Gasteiger partial charge in [-0.2, -0.15) is 0 Å². The Kier molecular flexibility index (Phi) is 1.67. The van der Waals surface area contributed by atoms with Gasteiger partial charge in [-0.3, -0.25) is 4.98 Å². The van der Waals surface area contributed by atoms with Crippen molar-refractivity contribution in [3.8, 4) is 11.1 Å². The highest BCUT2D eigenvalue weighted by Gasteiger charge is 2.19. The van der Waals surface area contributed by atoms with E-state index in [0.717, 1.165) is 11.9 Å². The van der Waals surface area contributed by atoms with E-state index in [2.05, 4.69) is 48.5 Å². The van der Waals surface area contributed by atoms with Gasteiger partial charge in [-0.15, -0.1) is 0 Å². The number of benzene rings is 2. The minimum atomic E-state index is 0.969. The molecule has 0 bridgehead atoms. The molecular weight excluding hydrogens is 206 g/mol. The van der Waals surface area contributed by atoms with Gasteiger partial charge in [0.25, 0.3) is 0 Å². The second-order valence-electron chi connectivity index (χ2n) is 4.51. The lowest BCUT2D eigenvalue weighted by Crippen LogP contribution is -1.87. The maximum atomic E-state index is 4.77. The molecule has 1 aliphatic carbocycles. The van der Waals surface area contributed by atoms with Gasteiger partial charge < -0.3 is 0 Å². The van der Waals surface area contributed by atoms with Crippen LogP contribution in [0.5, 0.6) is 0 Å². The molecule has 1 aromatic heterocycles. The maximum absolute atomic E-state index is 4.77. The second kappa shape index (κ2) is 3.17. The molecule has 0 saturated carbocycles. The summed E-state index contributed by atoms with van der Waals surface area (Å²) in [5.41, 5.74) is 6.36. The Morgan fingerprint density at radius 2 is 1.65 bits per heavy atom. The van der Waals surface area contributed by atoms with Crippen LogP contribution in [0.15, 0.2) is 54.6 Å². The van der Waals surface area contributed by atoms with Gasteiger partial charge in [0.05, 0.1) is 11.2 Å². The summed E-state index contributed by atoms with van der Waals surface area (Å²) in [6.45, 7) is 0. The number of rotatable bonds is 0. The van der Waals surface area contributed by atoms with E-state index in [1.54, 1.807) is 0 Å². The summed E-state index contributed by atoms with van der Waals surface area (Å²) in [5.74, 6) is 0. The summed E-state index contributed by atoms with van der Waals surface area (Å²) in [5, 5.41) is 1.22. The molecule has 3 aromatic rings. The lowest BCUT2D eigenvalue weighted by molar-refractivity contribution is 1.15. The van der Waals surface area contributed by atoms with Crippen LogP contribution in [0.3, 0.4) is 0 Å². The largest absolute Gasteiger partial charge is 0.252 e. The van der Waals surface area contributed by atoms with Crippen LogP contribution < -0.4 is 0 Å². The molecule has 0 spiro atoms. The first kappa shape index (κ1) is 8.94. The van der Waals surface area contributed by atoms with Gasteiger partial charge in [-0.25, -0.2) is 0 Å². The number of hydrogen-bond acceptors (Lipinski definition) is 1. The molecular formula is C16H11N. The summed E-state index contributed by atoms with van der Waals surface area (Å²) in [6, 6.07) is 19.2. The Morgan fingerprint density at radius 3 is 2.65 bits per heavy atom. The number of hydrogen-bond donors (Lipinski definition) is 0. The highest BCUT2D eigenvalue weighted by molar-refractivity contribution is 5.87. The second-order valence-corrected chi connectivity index (χ2v) is 4.51. The average molecular weight is 217 g/mol. The number of para-hydroxylation sites is 1. The molecule has 0 amide bonds. The van der Waals surface area contributed by atoms with Gasteiger partial charge in [-0.05, 0) is 23.3 Å². The van der Waals surface area contributed by atoms with Crippen LogP contribution in [-0.2, 0) is 6.42 Å². The van der Waals surface area contributed by atoms with Gasteiger partial charge in [0, 0.05) is 17.4 Å². The van der Waals surface area contributed by atoms with Gasteiger partial charge in [0.1, 0.15) is 0 Å². The Labute approximate surface area is 99.7 Å². The topological polar surface area (TPSA) is 12.9 Å². The third-order valence-corrected chi connectivity index (χ3v) is 3.47. The van der Waals surface area contributed by atoms with Crippen molar-refractivity contribution in [3.63, 3.8) is 0 Å². The standard InChI is InChI=1S/C16H11N/c1-3-7-13-11(5-1)10-16-14(13)9-12-6-2-4-8-15(12)17-16/h1-9H,10H2. The SMILES string of the molecule is c1ccc2c(c1)Cc1nc3ccccc3cc1-2. The lowest BCUT2D eigenvalue weighted by Gasteiger charge is -2.02. The van der Waals surface area contributed by atoms with Crippen molar-refractivity contribution in [2.75, 3.05) is 0 Å². The van der Waals surface area contributed by atoms with Crippen molar-refractivity contribution >= 4 is 10.9 Å². The molecule has 0 aliphatic heterocycles. The fourth-order valence-corrected chi connectivity index (χ4v) is 2.64. The third-order valence-electron chi connectivity index (χ3n) is 3.47. The normalized spacial score (nSPS) is 12.5. The molecule has 4 rings (SSSR count). The Bertz CT molecular complexity index is 728. The molecule has 1 nitrogen and oxygen atoms in total. The van der Waals surface area contributed by atoms with E-state index in [4.69, 9.17) is 4.98 Å². The first-order valence-corrected chi connectivity index (χ1v) is 5.89. The van der Waals surface area contributed by atoms with Crippen LogP contribution in [0.25, 0.3) is 22.0 Å². The zero-order valence-corrected chi connectivity index (χ0v) is 9.35. The van der Waals surface area contributed by atoms with E-state index in [1.165, 1.54) is 27.8 Å². The van der Waals surface area contributed by atoms with Crippen molar-refractivity contribution in [2.24, 2.45) is 0 Å². The van der Waals surface area contributed by atoms with E-state index in [9.17, 15) is 0 Å². The molecule has 0 N–H and O–H groups in total. The van der Waals surface area contributed by atoms with Crippen molar-refractivity contribution in [3.05, 3.63) is 65.9 Å². The third kappa shape index (κ3) is 1.22. The highest BCUT2D eigenvalue weighted by atomic mass is 14.7. The predicted octanol–water partition coefficient (Wildman–Crippen LogP) is 3.81. The van der Waals surface area contributed by atoms with Crippen LogP contribution >= 0.6 is 0 Å². The molecule has 0 fully saturated rings. The lowest BCUT2D eigenvalue weighted by atomic mass is 10.1. The van der Waals surface area contributed by atoms with Crippen LogP contribution in [-0.4, -0.2) is 4.98 Å². The van der Waals surface area contributed by atoms with Crippen LogP contribution in [0.2, 0.25) is 0 Å². The number of pyridine rings is 1. The minimum absolute atomic E-state index is 0.969. The van der Waals surface area contributed by atoms with Crippen LogP contribution in [0.4, 0.5) is 0 Å².